The van der Waals surface area contributed by atoms with Crippen LogP contribution in [0.3, 0.4) is 0 Å². The van der Waals surface area contributed by atoms with Gasteiger partial charge in [0.15, 0.2) is 0 Å². The first kappa shape index (κ1) is 17.7. The van der Waals surface area contributed by atoms with Crippen LogP contribution in [-0.2, 0) is 19.1 Å². The van der Waals surface area contributed by atoms with Crippen LogP contribution < -0.4 is 5.32 Å². The SMILES string of the molecule is COCC(=O)N1CCC(NC(=O)C2CC2(C(=O)O)C(C)C)CC1. The Morgan fingerprint density at radius 1 is 1.30 bits per heavy atom. The molecule has 0 aromatic heterocycles. The van der Waals surface area contributed by atoms with Gasteiger partial charge in [0.1, 0.15) is 6.61 Å². The molecule has 1 saturated heterocycles. The second-order valence-corrected chi connectivity index (χ2v) is 6.85. The molecule has 7 nitrogen and oxygen atoms in total. The number of piperidine rings is 1. The molecule has 2 N–H and O–H groups in total. The summed E-state index contributed by atoms with van der Waals surface area (Å²) in [5.74, 6) is -1.59. The van der Waals surface area contributed by atoms with Crippen LogP contribution in [0.2, 0.25) is 0 Å². The fourth-order valence-corrected chi connectivity index (χ4v) is 3.52. The number of methoxy groups -OCH3 is 1. The molecule has 130 valence electrons. The van der Waals surface area contributed by atoms with Crippen LogP contribution in [-0.4, -0.2) is 60.6 Å². The van der Waals surface area contributed by atoms with Crippen LogP contribution in [0.1, 0.15) is 33.1 Å². The number of likely N-dealkylation sites (tertiary alicyclic amines) is 1. The molecule has 7 heteroatoms. The van der Waals surface area contributed by atoms with E-state index in [2.05, 4.69) is 5.32 Å². The standard InChI is InChI=1S/C16H26N2O5/c1-10(2)16(15(21)22)8-12(16)14(20)17-11-4-6-18(7-5-11)13(19)9-23-3/h10-12H,4-9H2,1-3H3,(H,17,20)(H,21,22). The third-order valence-corrected chi connectivity index (χ3v) is 5.21. The van der Waals surface area contributed by atoms with Gasteiger partial charge in [-0.3, -0.25) is 14.4 Å². The molecule has 2 amide bonds. The second-order valence-electron chi connectivity index (χ2n) is 6.85. The number of carbonyl (C=O) groups is 3. The third kappa shape index (κ3) is 3.49. The predicted octanol–water partition coefficient (Wildman–Crippen LogP) is 0.487. The number of amides is 2. The van der Waals surface area contributed by atoms with E-state index in [1.165, 1.54) is 7.11 Å². The fourth-order valence-electron chi connectivity index (χ4n) is 3.52. The van der Waals surface area contributed by atoms with E-state index >= 15 is 0 Å². The Balaban J connectivity index is 1.82. The van der Waals surface area contributed by atoms with Crippen molar-refractivity contribution >= 4 is 17.8 Å². The minimum Gasteiger partial charge on any atom is -0.481 e. The maximum absolute atomic E-state index is 12.3. The van der Waals surface area contributed by atoms with Crippen molar-refractivity contribution in [1.82, 2.24) is 10.2 Å². The molecule has 2 atom stereocenters. The first-order chi connectivity index (χ1) is 10.8. The molecule has 23 heavy (non-hydrogen) atoms. The maximum atomic E-state index is 12.3. The Morgan fingerprint density at radius 3 is 2.35 bits per heavy atom. The predicted molar refractivity (Wildman–Crippen MR) is 82.6 cm³/mol. The van der Waals surface area contributed by atoms with Gasteiger partial charge in [0.05, 0.1) is 11.3 Å². The van der Waals surface area contributed by atoms with Crippen molar-refractivity contribution in [3.8, 4) is 0 Å². The van der Waals surface area contributed by atoms with Crippen LogP contribution in [0.4, 0.5) is 0 Å². The number of hydrogen-bond donors (Lipinski definition) is 2. The summed E-state index contributed by atoms with van der Waals surface area (Å²) in [5, 5.41) is 12.4. The summed E-state index contributed by atoms with van der Waals surface area (Å²) in [6, 6.07) is 0.00773. The number of carboxylic acids is 1. The van der Waals surface area contributed by atoms with Crippen molar-refractivity contribution in [1.29, 1.82) is 0 Å². The second kappa shape index (κ2) is 6.86. The van der Waals surface area contributed by atoms with E-state index in [-0.39, 0.29) is 30.4 Å². The van der Waals surface area contributed by atoms with E-state index < -0.39 is 17.3 Å². The smallest absolute Gasteiger partial charge is 0.310 e. The van der Waals surface area contributed by atoms with Crippen LogP contribution in [0.15, 0.2) is 0 Å². The third-order valence-electron chi connectivity index (χ3n) is 5.21. The summed E-state index contributed by atoms with van der Waals surface area (Å²) in [7, 11) is 1.49. The minimum atomic E-state index is -0.904. The van der Waals surface area contributed by atoms with Gasteiger partial charge in [-0.2, -0.15) is 0 Å². The average Bonchev–Trinajstić information content (AvgIpc) is 3.25. The zero-order valence-electron chi connectivity index (χ0n) is 14.0. The number of carbonyl (C=O) groups excluding carboxylic acids is 2. The zero-order valence-corrected chi connectivity index (χ0v) is 14.0. The molecule has 1 aliphatic carbocycles. The van der Waals surface area contributed by atoms with Gasteiger partial charge < -0.3 is 20.1 Å². The Kier molecular flexibility index (Phi) is 5.29. The molecule has 2 aliphatic rings. The molecule has 0 bridgehead atoms. The number of nitrogens with one attached hydrogen (secondary N) is 1. The van der Waals surface area contributed by atoms with Crippen LogP contribution in [0, 0.1) is 17.3 Å². The summed E-state index contributed by atoms with van der Waals surface area (Å²) in [5.41, 5.74) is -0.904. The van der Waals surface area contributed by atoms with Gasteiger partial charge in [-0.1, -0.05) is 13.8 Å². The Morgan fingerprint density at radius 2 is 1.91 bits per heavy atom. The first-order valence-electron chi connectivity index (χ1n) is 8.13. The summed E-state index contributed by atoms with van der Waals surface area (Å²) < 4.78 is 4.84. The number of aliphatic carboxylic acids is 1. The lowest BCUT2D eigenvalue weighted by molar-refractivity contribution is -0.147. The van der Waals surface area contributed by atoms with Gasteiger partial charge in [0.25, 0.3) is 0 Å². The van der Waals surface area contributed by atoms with E-state index in [1.54, 1.807) is 4.90 Å². The van der Waals surface area contributed by atoms with E-state index in [0.29, 0.717) is 32.4 Å². The van der Waals surface area contributed by atoms with E-state index in [9.17, 15) is 19.5 Å². The van der Waals surface area contributed by atoms with Crippen molar-refractivity contribution in [3.05, 3.63) is 0 Å². The van der Waals surface area contributed by atoms with E-state index in [4.69, 9.17) is 4.74 Å². The molecule has 0 aromatic carbocycles. The quantitative estimate of drug-likeness (QED) is 0.740. The van der Waals surface area contributed by atoms with E-state index in [0.717, 1.165) is 0 Å². The summed E-state index contributed by atoms with van der Waals surface area (Å²) in [4.78, 5) is 37.3. The highest BCUT2D eigenvalue weighted by atomic mass is 16.5. The summed E-state index contributed by atoms with van der Waals surface area (Å²) in [6.45, 7) is 4.95. The number of nitrogens with zero attached hydrogens (tertiary/aromatic N) is 1. The molecule has 0 aromatic rings. The number of ether oxygens (including phenoxy) is 1. The van der Waals surface area contributed by atoms with Crippen LogP contribution in [0.25, 0.3) is 0 Å². The molecular formula is C16H26N2O5. The summed E-state index contributed by atoms with van der Waals surface area (Å²) in [6.07, 6.45) is 1.79. The highest BCUT2D eigenvalue weighted by Gasteiger charge is 2.65. The van der Waals surface area contributed by atoms with Crippen molar-refractivity contribution in [2.75, 3.05) is 26.8 Å². The average molecular weight is 326 g/mol. The lowest BCUT2D eigenvalue weighted by Crippen LogP contribution is -2.48. The van der Waals surface area contributed by atoms with E-state index in [1.807, 2.05) is 13.8 Å². The highest BCUT2D eigenvalue weighted by molar-refractivity contribution is 5.93. The fraction of sp³-hybridized carbons (Fsp3) is 0.812. The molecule has 1 saturated carbocycles. The molecule has 2 rings (SSSR count). The maximum Gasteiger partial charge on any atom is 0.310 e. The van der Waals surface area contributed by atoms with Crippen molar-refractivity contribution in [3.63, 3.8) is 0 Å². The molecule has 1 aliphatic heterocycles. The van der Waals surface area contributed by atoms with Crippen molar-refractivity contribution in [2.45, 2.75) is 39.2 Å². The number of rotatable bonds is 6. The Hall–Kier alpha value is -1.63. The molecule has 2 unspecified atom stereocenters. The lowest BCUT2D eigenvalue weighted by atomic mass is 9.89. The first-order valence-corrected chi connectivity index (χ1v) is 8.13. The zero-order chi connectivity index (χ0) is 17.2. The monoisotopic (exact) mass is 326 g/mol. The van der Waals surface area contributed by atoms with Crippen molar-refractivity contribution < 1.29 is 24.2 Å². The topological polar surface area (TPSA) is 95.9 Å². The van der Waals surface area contributed by atoms with Gasteiger partial charge in [0, 0.05) is 26.2 Å². The molecular weight excluding hydrogens is 300 g/mol. The largest absolute Gasteiger partial charge is 0.481 e. The van der Waals surface area contributed by atoms with Gasteiger partial charge in [-0.25, -0.2) is 0 Å². The number of hydrogen-bond acceptors (Lipinski definition) is 4. The van der Waals surface area contributed by atoms with Gasteiger partial charge in [-0.15, -0.1) is 0 Å². The molecule has 0 radical (unpaired) electrons. The van der Waals surface area contributed by atoms with Gasteiger partial charge in [0.2, 0.25) is 11.8 Å². The molecule has 0 spiro atoms. The highest BCUT2D eigenvalue weighted by Crippen LogP contribution is 2.58. The summed E-state index contributed by atoms with van der Waals surface area (Å²) >= 11 is 0. The van der Waals surface area contributed by atoms with Crippen LogP contribution >= 0.6 is 0 Å². The van der Waals surface area contributed by atoms with Gasteiger partial charge >= 0.3 is 5.97 Å². The normalized spacial score (nSPS) is 27.8. The molecule has 1 heterocycles. The van der Waals surface area contributed by atoms with Crippen LogP contribution in [0.5, 0.6) is 0 Å². The van der Waals surface area contributed by atoms with Gasteiger partial charge in [-0.05, 0) is 25.2 Å². The Bertz CT molecular complexity index is 485. The number of carboxylic acid groups (broad SMARTS) is 1. The minimum absolute atomic E-state index is 0.00773. The van der Waals surface area contributed by atoms with Crippen molar-refractivity contribution in [2.24, 2.45) is 17.3 Å². The molecule has 2 fully saturated rings. The lowest BCUT2D eigenvalue weighted by Gasteiger charge is -2.32. The Labute approximate surface area is 136 Å².